The van der Waals surface area contributed by atoms with Gasteiger partial charge in [0.05, 0.1) is 19.3 Å². The smallest absolute Gasteiger partial charge is 0.264 e. The fourth-order valence-electron chi connectivity index (χ4n) is 2.17. The predicted molar refractivity (Wildman–Crippen MR) is 83.0 cm³/mol. The minimum absolute atomic E-state index is 0.0908. The summed E-state index contributed by atoms with van der Waals surface area (Å²) in [5.74, 6) is 2.05. The van der Waals surface area contributed by atoms with E-state index in [0.717, 1.165) is 5.56 Å². The summed E-state index contributed by atoms with van der Waals surface area (Å²) in [5, 5.41) is 13.2. The lowest BCUT2D eigenvalue weighted by molar-refractivity contribution is 0.229. The SMILES string of the molecule is COc1ccccc1-c1noc(COc2ccccc2CO)n1. The second-order valence-corrected chi connectivity index (χ2v) is 4.77. The Balaban J connectivity index is 1.75. The Labute approximate surface area is 133 Å². The fourth-order valence-corrected chi connectivity index (χ4v) is 2.17. The summed E-state index contributed by atoms with van der Waals surface area (Å²) in [6, 6.07) is 14.7. The Hall–Kier alpha value is -2.86. The molecule has 0 fully saturated rings. The van der Waals surface area contributed by atoms with Gasteiger partial charge in [0.1, 0.15) is 11.5 Å². The van der Waals surface area contributed by atoms with E-state index in [0.29, 0.717) is 28.8 Å². The highest BCUT2D eigenvalue weighted by Gasteiger charge is 2.13. The summed E-state index contributed by atoms with van der Waals surface area (Å²) in [6.07, 6.45) is 0. The number of methoxy groups -OCH3 is 1. The van der Waals surface area contributed by atoms with Gasteiger partial charge in [0.25, 0.3) is 5.89 Å². The Bertz CT molecular complexity index is 786. The first kappa shape index (κ1) is 15.1. The van der Waals surface area contributed by atoms with Crippen LogP contribution in [-0.4, -0.2) is 22.4 Å². The van der Waals surface area contributed by atoms with E-state index in [2.05, 4.69) is 10.1 Å². The van der Waals surface area contributed by atoms with Crippen LogP contribution in [0.4, 0.5) is 0 Å². The zero-order chi connectivity index (χ0) is 16.1. The molecule has 1 N–H and O–H groups in total. The second kappa shape index (κ2) is 6.93. The molecule has 0 radical (unpaired) electrons. The van der Waals surface area contributed by atoms with Crippen LogP contribution in [0, 0.1) is 0 Å². The zero-order valence-corrected chi connectivity index (χ0v) is 12.6. The van der Waals surface area contributed by atoms with Gasteiger partial charge in [-0.25, -0.2) is 0 Å². The molecule has 2 aromatic carbocycles. The molecule has 0 aliphatic rings. The van der Waals surface area contributed by atoms with Crippen molar-refractivity contribution in [2.24, 2.45) is 0 Å². The van der Waals surface area contributed by atoms with E-state index in [9.17, 15) is 5.11 Å². The van der Waals surface area contributed by atoms with Crippen LogP contribution in [0.15, 0.2) is 53.1 Å². The van der Waals surface area contributed by atoms with Crippen LogP contribution in [0.2, 0.25) is 0 Å². The van der Waals surface area contributed by atoms with Crippen molar-refractivity contribution in [2.75, 3.05) is 7.11 Å². The van der Waals surface area contributed by atoms with Gasteiger partial charge in [0, 0.05) is 5.56 Å². The Morgan fingerprint density at radius 3 is 2.57 bits per heavy atom. The van der Waals surface area contributed by atoms with E-state index < -0.39 is 0 Å². The average molecular weight is 312 g/mol. The van der Waals surface area contributed by atoms with Gasteiger partial charge in [-0.2, -0.15) is 4.98 Å². The molecule has 0 saturated carbocycles. The quantitative estimate of drug-likeness (QED) is 0.754. The monoisotopic (exact) mass is 312 g/mol. The first-order chi connectivity index (χ1) is 11.3. The maximum Gasteiger partial charge on any atom is 0.264 e. The van der Waals surface area contributed by atoms with E-state index >= 15 is 0 Å². The molecule has 0 saturated heterocycles. The largest absolute Gasteiger partial charge is 0.496 e. The van der Waals surface area contributed by atoms with Crippen LogP contribution in [0.5, 0.6) is 11.5 Å². The predicted octanol–water partition coefficient (Wildman–Crippen LogP) is 2.82. The molecule has 0 amide bonds. The van der Waals surface area contributed by atoms with Gasteiger partial charge in [-0.1, -0.05) is 35.5 Å². The third-order valence-electron chi connectivity index (χ3n) is 3.31. The number of ether oxygens (including phenoxy) is 2. The zero-order valence-electron chi connectivity index (χ0n) is 12.6. The molecular formula is C17H16N2O4. The summed E-state index contributed by atoms with van der Waals surface area (Å²) in [7, 11) is 1.59. The number of hydrogen-bond acceptors (Lipinski definition) is 6. The highest BCUT2D eigenvalue weighted by atomic mass is 16.5. The van der Waals surface area contributed by atoms with Crippen molar-refractivity contribution in [1.29, 1.82) is 0 Å². The normalized spacial score (nSPS) is 10.5. The van der Waals surface area contributed by atoms with Crippen molar-refractivity contribution in [2.45, 2.75) is 13.2 Å². The second-order valence-electron chi connectivity index (χ2n) is 4.77. The van der Waals surface area contributed by atoms with Gasteiger partial charge in [0.2, 0.25) is 5.82 Å². The molecule has 118 valence electrons. The maximum atomic E-state index is 9.28. The van der Waals surface area contributed by atoms with Crippen LogP contribution in [0.3, 0.4) is 0 Å². The first-order valence-corrected chi connectivity index (χ1v) is 7.09. The van der Waals surface area contributed by atoms with E-state index in [1.807, 2.05) is 36.4 Å². The molecule has 1 aromatic heterocycles. The van der Waals surface area contributed by atoms with Crippen LogP contribution in [-0.2, 0) is 13.2 Å². The third kappa shape index (κ3) is 3.32. The summed E-state index contributed by atoms with van der Waals surface area (Å²) in [4.78, 5) is 4.31. The third-order valence-corrected chi connectivity index (χ3v) is 3.31. The van der Waals surface area contributed by atoms with Gasteiger partial charge in [-0.05, 0) is 18.2 Å². The van der Waals surface area contributed by atoms with Crippen LogP contribution < -0.4 is 9.47 Å². The fraction of sp³-hybridized carbons (Fsp3) is 0.176. The Morgan fingerprint density at radius 2 is 1.78 bits per heavy atom. The number of aromatic nitrogens is 2. The molecule has 6 heteroatoms. The molecule has 0 atom stereocenters. The molecule has 3 rings (SSSR count). The van der Waals surface area contributed by atoms with Crippen molar-refractivity contribution in [1.82, 2.24) is 10.1 Å². The van der Waals surface area contributed by atoms with Gasteiger partial charge in [0.15, 0.2) is 6.61 Å². The lowest BCUT2D eigenvalue weighted by Gasteiger charge is -2.07. The van der Waals surface area contributed by atoms with Crippen LogP contribution in [0.25, 0.3) is 11.4 Å². The van der Waals surface area contributed by atoms with E-state index in [1.54, 1.807) is 19.2 Å². The average Bonchev–Trinajstić information content (AvgIpc) is 3.09. The minimum atomic E-state index is -0.0908. The van der Waals surface area contributed by atoms with E-state index in [-0.39, 0.29) is 13.2 Å². The summed E-state index contributed by atoms with van der Waals surface area (Å²) < 4.78 is 16.1. The number of nitrogens with zero attached hydrogens (tertiary/aromatic N) is 2. The molecule has 3 aromatic rings. The molecule has 0 aliphatic heterocycles. The molecule has 1 heterocycles. The molecule has 23 heavy (non-hydrogen) atoms. The summed E-state index contributed by atoms with van der Waals surface area (Å²) in [5.41, 5.74) is 1.46. The van der Waals surface area contributed by atoms with E-state index in [1.165, 1.54) is 0 Å². The number of rotatable bonds is 6. The number of aliphatic hydroxyl groups is 1. The molecule has 0 unspecified atom stereocenters. The first-order valence-electron chi connectivity index (χ1n) is 7.09. The highest BCUT2D eigenvalue weighted by Crippen LogP contribution is 2.27. The van der Waals surface area contributed by atoms with Crippen molar-refractivity contribution < 1.29 is 19.1 Å². The molecular weight excluding hydrogens is 296 g/mol. The Kier molecular flexibility index (Phi) is 4.54. The van der Waals surface area contributed by atoms with Crippen molar-refractivity contribution in [3.63, 3.8) is 0 Å². The lowest BCUT2D eigenvalue weighted by Crippen LogP contribution is -1.99. The number of benzene rings is 2. The lowest BCUT2D eigenvalue weighted by atomic mass is 10.2. The topological polar surface area (TPSA) is 77.6 Å². The van der Waals surface area contributed by atoms with Gasteiger partial charge >= 0.3 is 0 Å². The molecule has 6 nitrogen and oxygen atoms in total. The number of hydrogen-bond donors (Lipinski definition) is 1. The summed E-state index contributed by atoms with van der Waals surface area (Å²) >= 11 is 0. The van der Waals surface area contributed by atoms with E-state index in [4.69, 9.17) is 14.0 Å². The standard InChI is InChI=1S/C17H16N2O4/c1-21-15-9-5-3-7-13(15)17-18-16(23-19-17)11-22-14-8-4-2-6-12(14)10-20/h2-9,20H,10-11H2,1H3. The molecule has 0 spiro atoms. The summed E-state index contributed by atoms with van der Waals surface area (Å²) in [6.45, 7) is 0.0334. The highest BCUT2D eigenvalue weighted by molar-refractivity contribution is 5.63. The number of para-hydroxylation sites is 2. The van der Waals surface area contributed by atoms with Gasteiger partial charge in [-0.15, -0.1) is 0 Å². The Morgan fingerprint density at radius 1 is 1.04 bits per heavy atom. The van der Waals surface area contributed by atoms with Crippen LogP contribution in [0.1, 0.15) is 11.5 Å². The maximum absolute atomic E-state index is 9.28. The van der Waals surface area contributed by atoms with Gasteiger partial charge in [-0.3, -0.25) is 0 Å². The molecule has 0 aliphatic carbocycles. The van der Waals surface area contributed by atoms with Crippen molar-refractivity contribution >= 4 is 0 Å². The van der Waals surface area contributed by atoms with Crippen molar-refractivity contribution in [3.8, 4) is 22.9 Å². The molecule has 0 bridgehead atoms. The van der Waals surface area contributed by atoms with Crippen LogP contribution >= 0.6 is 0 Å². The van der Waals surface area contributed by atoms with Crippen molar-refractivity contribution in [3.05, 3.63) is 60.0 Å². The number of aliphatic hydroxyl groups excluding tert-OH is 1. The minimum Gasteiger partial charge on any atom is -0.496 e. The van der Waals surface area contributed by atoms with Gasteiger partial charge < -0.3 is 19.1 Å².